The highest BCUT2D eigenvalue weighted by Gasteiger charge is 2.03. The zero-order valence-corrected chi connectivity index (χ0v) is 8.53. The molecule has 0 saturated heterocycles. The van der Waals surface area contributed by atoms with E-state index in [0.29, 0.717) is 11.8 Å². The number of phenolic OH excluding ortho intramolecular Hbond substituents is 1. The number of aromatic hydroxyl groups is 1. The summed E-state index contributed by atoms with van der Waals surface area (Å²) >= 11 is 0. The van der Waals surface area contributed by atoms with Crippen LogP contribution in [0.1, 0.15) is 22.8 Å². The second-order valence-electron chi connectivity index (χ2n) is 3.34. The average Bonchev–Trinajstić information content (AvgIpc) is 2.20. The van der Waals surface area contributed by atoms with Crippen molar-refractivity contribution in [2.75, 3.05) is 13.6 Å². The van der Waals surface area contributed by atoms with Crippen LogP contribution in [0.2, 0.25) is 0 Å². The van der Waals surface area contributed by atoms with E-state index in [-0.39, 0.29) is 5.75 Å². The molecule has 0 saturated carbocycles. The number of rotatable bonds is 4. The van der Waals surface area contributed by atoms with Crippen LogP contribution >= 0.6 is 0 Å². The maximum absolute atomic E-state index is 10.6. The van der Waals surface area contributed by atoms with Gasteiger partial charge in [0.15, 0.2) is 6.29 Å². The van der Waals surface area contributed by atoms with E-state index in [1.807, 2.05) is 13.1 Å². The van der Waals surface area contributed by atoms with Crippen molar-refractivity contribution in [3.05, 3.63) is 29.3 Å². The van der Waals surface area contributed by atoms with Gasteiger partial charge in [-0.25, -0.2) is 0 Å². The van der Waals surface area contributed by atoms with Crippen molar-refractivity contribution in [1.29, 1.82) is 0 Å². The maximum Gasteiger partial charge on any atom is 0.153 e. The van der Waals surface area contributed by atoms with E-state index < -0.39 is 0 Å². The van der Waals surface area contributed by atoms with Gasteiger partial charge in [0.25, 0.3) is 0 Å². The summed E-state index contributed by atoms with van der Waals surface area (Å²) in [5.41, 5.74) is 1.39. The third kappa shape index (κ3) is 2.57. The summed E-state index contributed by atoms with van der Waals surface area (Å²) in [6.07, 6.45) is 0.671. The summed E-state index contributed by atoms with van der Waals surface area (Å²) in [5, 5.41) is 9.28. The number of hydrogen-bond acceptors (Lipinski definition) is 3. The zero-order valence-electron chi connectivity index (χ0n) is 8.53. The number of benzene rings is 1. The first-order valence-corrected chi connectivity index (χ1v) is 4.63. The molecule has 0 aromatic heterocycles. The van der Waals surface area contributed by atoms with Crippen molar-refractivity contribution in [2.45, 2.75) is 13.5 Å². The molecule has 0 atom stereocenters. The van der Waals surface area contributed by atoms with Crippen molar-refractivity contribution >= 4 is 6.29 Å². The van der Waals surface area contributed by atoms with Gasteiger partial charge in [0.05, 0.1) is 5.56 Å². The predicted octanol–water partition coefficient (Wildman–Crippen LogP) is 1.66. The Morgan fingerprint density at radius 2 is 2.21 bits per heavy atom. The van der Waals surface area contributed by atoms with Crippen LogP contribution in [-0.2, 0) is 6.54 Å². The minimum atomic E-state index is 0.0444. The van der Waals surface area contributed by atoms with Crippen LogP contribution in [-0.4, -0.2) is 29.9 Å². The summed E-state index contributed by atoms with van der Waals surface area (Å²) in [7, 11) is 2.01. The largest absolute Gasteiger partial charge is 0.507 e. The number of aldehydes is 1. The summed E-state index contributed by atoms with van der Waals surface area (Å²) < 4.78 is 0. The predicted molar refractivity (Wildman–Crippen MR) is 55.5 cm³/mol. The summed E-state index contributed by atoms with van der Waals surface area (Å²) in [6, 6.07) is 5.10. The Bertz CT molecular complexity index is 323. The van der Waals surface area contributed by atoms with Crippen molar-refractivity contribution in [2.24, 2.45) is 0 Å². The number of carbonyl (C=O) groups is 1. The Balaban J connectivity index is 2.84. The second kappa shape index (κ2) is 4.77. The van der Waals surface area contributed by atoms with E-state index in [9.17, 15) is 9.90 Å². The first-order valence-electron chi connectivity index (χ1n) is 4.63. The van der Waals surface area contributed by atoms with E-state index in [2.05, 4.69) is 11.8 Å². The summed E-state index contributed by atoms with van der Waals surface area (Å²) in [4.78, 5) is 12.7. The van der Waals surface area contributed by atoms with Crippen molar-refractivity contribution in [3.63, 3.8) is 0 Å². The van der Waals surface area contributed by atoms with E-state index in [4.69, 9.17) is 0 Å². The maximum atomic E-state index is 10.6. The molecule has 1 rings (SSSR count). The van der Waals surface area contributed by atoms with Crippen LogP contribution in [0, 0.1) is 0 Å². The quantitative estimate of drug-likeness (QED) is 0.739. The molecule has 0 fully saturated rings. The lowest BCUT2D eigenvalue weighted by molar-refractivity contribution is 0.112. The standard InChI is InChI=1S/C11H15NO2/c1-3-12(2)7-9-4-5-11(14)10(6-9)8-13/h4-6,8,14H,3,7H2,1-2H3. The van der Waals surface area contributed by atoms with Gasteiger partial charge < -0.3 is 10.0 Å². The number of hydrogen-bond donors (Lipinski definition) is 1. The Labute approximate surface area is 84.0 Å². The lowest BCUT2D eigenvalue weighted by Crippen LogP contribution is -2.16. The Morgan fingerprint density at radius 1 is 1.50 bits per heavy atom. The molecular weight excluding hydrogens is 178 g/mol. The van der Waals surface area contributed by atoms with Crippen LogP contribution in [0.3, 0.4) is 0 Å². The molecular formula is C11H15NO2. The van der Waals surface area contributed by atoms with Gasteiger partial charge >= 0.3 is 0 Å². The van der Waals surface area contributed by atoms with Crippen LogP contribution in [0.5, 0.6) is 5.75 Å². The molecule has 0 spiro atoms. The second-order valence-corrected chi connectivity index (χ2v) is 3.34. The van der Waals surface area contributed by atoms with Gasteiger partial charge in [-0.3, -0.25) is 4.79 Å². The molecule has 0 heterocycles. The highest BCUT2D eigenvalue weighted by atomic mass is 16.3. The molecule has 3 nitrogen and oxygen atoms in total. The highest BCUT2D eigenvalue weighted by Crippen LogP contribution is 2.17. The lowest BCUT2D eigenvalue weighted by atomic mass is 10.1. The Morgan fingerprint density at radius 3 is 2.79 bits per heavy atom. The molecule has 0 aliphatic rings. The minimum Gasteiger partial charge on any atom is -0.507 e. The van der Waals surface area contributed by atoms with E-state index >= 15 is 0 Å². The molecule has 0 radical (unpaired) electrons. The van der Waals surface area contributed by atoms with Crippen LogP contribution in [0.25, 0.3) is 0 Å². The minimum absolute atomic E-state index is 0.0444. The number of carbonyl (C=O) groups excluding carboxylic acids is 1. The molecule has 0 unspecified atom stereocenters. The van der Waals surface area contributed by atoms with E-state index in [1.165, 1.54) is 0 Å². The van der Waals surface area contributed by atoms with Gasteiger partial charge in [-0.2, -0.15) is 0 Å². The molecule has 3 heteroatoms. The third-order valence-electron chi connectivity index (χ3n) is 2.21. The normalized spacial score (nSPS) is 10.5. The molecule has 0 aliphatic carbocycles. The number of nitrogens with zero attached hydrogens (tertiary/aromatic N) is 1. The molecule has 0 aliphatic heterocycles. The van der Waals surface area contributed by atoms with Crippen LogP contribution in [0.4, 0.5) is 0 Å². The van der Waals surface area contributed by atoms with Crippen LogP contribution in [0.15, 0.2) is 18.2 Å². The smallest absolute Gasteiger partial charge is 0.153 e. The van der Waals surface area contributed by atoms with Gasteiger partial charge in [-0.1, -0.05) is 13.0 Å². The van der Waals surface area contributed by atoms with Gasteiger partial charge in [-0.05, 0) is 31.3 Å². The van der Waals surface area contributed by atoms with Crippen molar-refractivity contribution < 1.29 is 9.90 Å². The lowest BCUT2D eigenvalue weighted by Gasteiger charge is -2.13. The fourth-order valence-electron chi connectivity index (χ4n) is 1.22. The topological polar surface area (TPSA) is 40.5 Å². The van der Waals surface area contributed by atoms with Crippen molar-refractivity contribution in [1.82, 2.24) is 4.90 Å². The molecule has 1 aromatic rings. The average molecular weight is 193 g/mol. The van der Waals surface area contributed by atoms with Crippen molar-refractivity contribution in [3.8, 4) is 5.75 Å². The first kappa shape index (κ1) is 10.7. The SMILES string of the molecule is CCN(C)Cc1ccc(O)c(C=O)c1. The van der Waals surface area contributed by atoms with Gasteiger partial charge in [0.1, 0.15) is 5.75 Å². The fraction of sp³-hybridized carbons (Fsp3) is 0.364. The summed E-state index contributed by atoms with van der Waals surface area (Å²) in [5.74, 6) is 0.0444. The molecule has 14 heavy (non-hydrogen) atoms. The highest BCUT2D eigenvalue weighted by molar-refractivity contribution is 5.79. The van der Waals surface area contributed by atoms with Gasteiger partial charge in [0, 0.05) is 6.54 Å². The Kier molecular flexibility index (Phi) is 3.65. The zero-order chi connectivity index (χ0) is 10.6. The monoisotopic (exact) mass is 193 g/mol. The van der Waals surface area contributed by atoms with Crippen LogP contribution < -0.4 is 0 Å². The molecule has 0 amide bonds. The van der Waals surface area contributed by atoms with Gasteiger partial charge in [0.2, 0.25) is 0 Å². The van der Waals surface area contributed by atoms with Gasteiger partial charge in [-0.15, -0.1) is 0 Å². The molecule has 1 N–H and O–H groups in total. The number of phenols is 1. The molecule has 76 valence electrons. The fourth-order valence-corrected chi connectivity index (χ4v) is 1.22. The summed E-state index contributed by atoms with van der Waals surface area (Å²) in [6.45, 7) is 3.82. The van der Waals surface area contributed by atoms with E-state index in [0.717, 1.165) is 18.7 Å². The molecule has 1 aromatic carbocycles. The Hall–Kier alpha value is -1.35. The molecule has 0 bridgehead atoms. The third-order valence-corrected chi connectivity index (χ3v) is 2.21. The van der Waals surface area contributed by atoms with E-state index in [1.54, 1.807) is 12.1 Å². The first-order chi connectivity index (χ1) is 6.67.